The molecule has 0 radical (unpaired) electrons. The number of nitrogens with two attached hydrogens (primary N) is 1. The summed E-state index contributed by atoms with van der Waals surface area (Å²) in [6, 6.07) is 14.7. The van der Waals surface area contributed by atoms with E-state index < -0.39 is 0 Å². The van der Waals surface area contributed by atoms with Gasteiger partial charge in [-0.25, -0.2) is 4.39 Å². The van der Waals surface area contributed by atoms with E-state index in [0.717, 1.165) is 12.8 Å². The Labute approximate surface area is 119 Å². The molecule has 106 valence electrons. The second-order valence-corrected chi connectivity index (χ2v) is 5.73. The number of benzene rings is 2. The molecule has 0 aliphatic heterocycles. The third-order valence-corrected chi connectivity index (χ3v) is 3.37. The minimum absolute atomic E-state index is 0.155. The van der Waals surface area contributed by atoms with Crippen molar-refractivity contribution in [3.8, 4) is 0 Å². The maximum Gasteiger partial charge on any atom is 0.125 e. The lowest BCUT2D eigenvalue weighted by atomic mass is 9.94. The Morgan fingerprint density at radius 1 is 1.10 bits per heavy atom. The number of hydrogen-bond acceptors (Lipinski definition) is 2. The largest absolute Gasteiger partial charge is 0.397 e. The molecule has 0 amide bonds. The fraction of sp³-hybridized carbons (Fsp3) is 0.294. The van der Waals surface area contributed by atoms with Gasteiger partial charge >= 0.3 is 0 Å². The van der Waals surface area contributed by atoms with Gasteiger partial charge in [-0.2, -0.15) is 0 Å². The molecule has 0 spiro atoms. The van der Waals surface area contributed by atoms with Gasteiger partial charge in [0.2, 0.25) is 0 Å². The number of hydrogen-bond donors (Lipinski definition) is 2. The van der Waals surface area contributed by atoms with Gasteiger partial charge in [0.15, 0.2) is 0 Å². The van der Waals surface area contributed by atoms with E-state index in [1.165, 1.54) is 17.7 Å². The van der Waals surface area contributed by atoms with Gasteiger partial charge in [0.1, 0.15) is 5.82 Å². The smallest absolute Gasteiger partial charge is 0.125 e. The maximum absolute atomic E-state index is 13.3. The van der Waals surface area contributed by atoms with E-state index in [1.807, 2.05) is 18.2 Å². The molecule has 0 aliphatic rings. The molecule has 0 unspecified atom stereocenters. The van der Waals surface area contributed by atoms with Crippen molar-refractivity contribution in [2.24, 2.45) is 0 Å². The first-order chi connectivity index (χ1) is 9.46. The van der Waals surface area contributed by atoms with Gasteiger partial charge in [0.05, 0.1) is 11.4 Å². The summed E-state index contributed by atoms with van der Waals surface area (Å²) in [5, 5.41) is 3.33. The first-order valence-electron chi connectivity index (χ1n) is 6.83. The SMILES string of the molecule is CC(C)(CCc1ccccc1)Nc1cc(F)ccc1N. The van der Waals surface area contributed by atoms with Gasteiger partial charge < -0.3 is 11.1 Å². The van der Waals surface area contributed by atoms with E-state index in [-0.39, 0.29) is 11.4 Å². The standard InChI is InChI=1S/C17H21FN2/c1-17(2,11-10-13-6-4-3-5-7-13)20-16-12-14(18)8-9-15(16)19/h3-9,12,20H,10-11,19H2,1-2H3. The molecular formula is C17H21FN2. The molecule has 20 heavy (non-hydrogen) atoms. The molecular weight excluding hydrogens is 251 g/mol. The predicted molar refractivity (Wildman–Crippen MR) is 83.3 cm³/mol. The van der Waals surface area contributed by atoms with E-state index in [4.69, 9.17) is 5.73 Å². The number of halogens is 1. The maximum atomic E-state index is 13.3. The lowest BCUT2D eigenvalue weighted by Crippen LogP contribution is -2.31. The topological polar surface area (TPSA) is 38.0 Å². The number of anilines is 2. The Hall–Kier alpha value is -2.03. The van der Waals surface area contributed by atoms with E-state index in [2.05, 4.69) is 31.3 Å². The van der Waals surface area contributed by atoms with Crippen molar-refractivity contribution >= 4 is 11.4 Å². The van der Waals surface area contributed by atoms with Gasteiger partial charge in [0, 0.05) is 5.54 Å². The normalized spacial score (nSPS) is 11.3. The Bertz CT molecular complexity index is 564. The van der Waals surface area contributed by atoms with Crippen LogP contribution in [0.15, 0.2) is 48.5 Å². The highest BCUT2D eigenvalue weighted by Gasteiger charge is 2.18. The summed E-state index contributed by atoms with van der Waals surface area (Å²) in [6.07, 6.45) is 1.91. The highest BCUT2D eigenvalue weighted by Crippen LogP contribution is 2.25. The van der Waals surface area contributed by atoms with E-state index in [1.54, 1.807) is 6.07 Å². The lowest BCUT2D eigenvalue weighted by molar-refractivity contribution is 0.518. The highest BCUT2D eigenvalue weighted by atomic mass is 19.1. The molecule has 2 rings (SSSR count). The van der Waals surface area contributed by atoms with Crippen LogP contribution in [0, 0.1) is 5.82 Å². The molecule has 3 heteroatoms. The van der Waals surface area contributed by atoms with Crippen molar-refractivity contribution < 1.29 is 4.39 Å². The summed E-state index contributed by atoms with van der Waals surface area (Å²) in [4.78, 5) is 0. The summed E-state index contributed by atoms with van der Waals surface area (Å²) < 4.78 is 13.3. The summed E-state index contributed by atoms with van der Waals surface area (Å²) in [7, 11) is 0. The van der Waals surface area contributed by atoms with Crippen molar-refractivity contribution in [1.29, 1.82) is 0 Å². The van der Waals surface area contributed by atoms with E-state index in [0.29, 0.717) is 11.4 Å². The van der Waals surface area contributed by atoms with Gasteiger partial charge in [-0.15, -0.1) is 0 Å². The summed E-state index contributed by atoms with van der Waals surface area (Å²) in [6.45, 7) is 4.20. The van der Waals surface area contributed by atoms with Crippen LogP contribution in [-0.2, 0) is 6.42 Å². The Morgan fingerprint density at radius 2 is 1.80 bits per heavy atom. The zero-order valence-electron chi connectivity index (χ0n) is 12.0. The van der Waals surface area contributed by atoms with Crippen molar-refractivity contribution in [2.75, 3.05) is 11.1 Å². The van der Waals surface area contributed by atoms with Crippen LogP contribution in [0.25, 0.3) is 0 Å². The molecule has 3 N–H and O–H groups in total. The van der Waals surface area contributed by atoms with Crippen molar-refractivity contribution in [3.63, 3.8) is 0 Å². The molecule has 2 aromatic rings. The average molecular weight is 272 g/mol. The van der Waals surface area contributed by atoms with Crippen molar-refractivity contribution in [1.82, 2.24) is 0 Å². The van der Waals surface area contributed by atoms with Crippen LogP contribution in [0.2, 0.25) is 0 Å². The quantitative estimate of drug-likeness (QED) is 0.799. The minimum Gasteiger partial charge on any atom is -0.397 e. The third-order valence-electron chi connectivity index (χ3n) is 3.37. The Kier molecular flexibility index (Phi) is 4.28. The molecule has 0 bridgehead atoms. The van der Waals surface area contributed by atoms with Crippen LogP contribution in [0.4, 0.5) is 15.8 Å². The summed E-state index contributed by atoms with van der Waals surface area (Å²) in [5.41, 5.74) is 8.24. The van der Waals surface area contributed by atoms with Crippen molar-refractivity contribution in [2.45, 2.75) is 32.2 Å². The molecule has 0 fully saturated rings. The number of aryl methyl sites for hydroxylation is 1. The van der Waals surface area contributed by atoms with Crippen LogP contribution in [-0.4, -0.2) is 5.54 Å². The Morgan fingerprint density at radius 3 is 2.50 bits per heavy atom. The molecule has 0 aliphatic carbocycles. The minimum atomic E-state index is -0.277. The van der Waals surface area contributed by atoms with E-state index >= 15 is 0 Å². The van der Waals surface area contributed by atoms with Crippen LogP contribution >= 0.6 is 0 Å². The Balaban J connectivity index is 2.01. The van der Waals surface area contributed by atoms with Gasteiger partial charge in [-0.3, -0.25) is 0 Å². The first kappa shape index (κ1) is 14.4. The predicted octanol–water partition coefficient (Wildman–Crippen LogP) is 4.23. The lowest BCUT2D eigenvalue weighted by Gasteiger charge is -2.28. The van der Waals surface area contributed by atoms with Gasteiger partial charge in [-0.05, 0) is 50.5 Å². The molecule has 0 saturated heterocycles. The molecule has 2 nitrogen and oxygen atoms in total. The second-order valence-electron chi connectivity index (χ2n) is 5.73. The van der Waals surface area contributed by atoms with Crippen LogP contribution in [0.1, 0.15) is 25.8 Å². The fourth-order valence-electron chi connectivity index (χ4n) is 2.17. The van der Waals surface area contributed by atoms with E-state index in [9.17, 15) is 4.39 Å². The van der Waals surface area contributed by atoms with Gasteiger partial charge in [0.25, 0.3) is 0 Å². The van der Waals surface area contributed by atoms with Crippen molar-refractivity contribution in [3.05, 3.63) is 59.9 Å². The second kappa shape index (κ2) is 5.95. The van der Waals surface area contributed by atoms with Crippen LogP contribution < -0.4 is 11.1 Å². The summed E-state index contributed by atoms with van der Waals surface area (Å²) >= 11 is 0. The third kappa shape index (κ3) is 3.98. The molecule has 0 saturated carbocycles. The highest BCUT2D eigenvalue weighted by molar-refractivity contribution is 5.66. The fourth-order valence-corrected chi connectivity index (χ4v) is 2.17. The number of rotatable bonds is 5. The van der Waals surface area contributed by atoms with Gasteiger partial charge in [-0.1, -0.05) is 30.3 Å². The zero-order valence-corrected chi connectivity index (χ0v) is 12.0. The molecule has 0 heterocycles. The molecule has 2 aromatic carbocycles. The first-order valence-corrected chi connectivity index (χ1v) is 6.83. The average Bonchev–Trinajstić information content (AvgIpc) is 2.42. The number of nitrogens with one attached hydrogen (secondary N) is 1. The van der Waals surface area contributed by atoms with Crippen LogP contribution in [0.3, 0.4) is 0 Å². The number of nitrogen functional groups attached to an aromatic ring is 1. The molecule has 0 atom stereocenters. The molecule has 0 aromatic heterocycles. The summed E-state index contributed by atoms with van der Waals surface area (Å²) in [5.74, 6) is -0.277. The monoisotopic (exact) mass is 272 g/mol. The van der Waals surface area contributed by atoms with Crippen LogP contribution in [0.5, 0.6) is 0 Å². The zero-order chi connectivity index (χ0) is 14.6.